The van der Waals surface area contributed by atoms with E-state index < -0.39 is 0 Å². The molecule has 5 aromatic rings. The summed E-state index contributed by atoms with van der Waals surface area (Å²) in [6, 6.07) is 49.0. The molecule has 7 aliphatic rings. The van der Waals surface area contributed by atoms with Crippen LogP contribution >= 0.6 is 0 Å². The average molecular weight is 778 g/mol. The number of rotatable bonds is 6. The third-order valence-electron chi connectivity index (χ3n) is 17.6. The van der Waals surface area contributed by atoms with Crippen LogP contribution in [-0.4, -0.2) is 35.2 Å². The minimum atomic E-state index is -0.0132. The van der Waals surface area contributed by atoms with Gasteiger partial charge in [-0.3, -0.25) is 4.90 Å². The second-order valence-electron chi connectivity index (χ2n) is 20.7. The summed E-state index contributed by atoms with van der Waals surface area (Å²) in [7, 11) is 0. The Labute approximate surface area is 353 Å². The highest BCUT2D eigenvalue weighted by Crippen LogP contribution is 2.60. The Bertz CT molecular complexity index is 2310. The monoisotopic (exact) mass is 777 g/mol. The van der Waals surface area contributed by atoms with Crippen molar-refractivity contribution in [2.45, 2.75) is 145 Å². The van der Waals surface area contributed by atoms with Gasteiger partial charge in [0.2, 0.25) is 0 Å². The number of piperidine rings is 1. The minimum absolute atomic E-state index is 0.0132. The van der Waals surface area contributed by atoms with Crippen LogP contribution in [0, 0.1) is 23.7 Å². The predicted octanol–water partition coefficient (Wildman–Crippen LogP) is 13.5. The fourth-order valence-electron chi connectivity index (χ4n) is 15.0. The average Bonchev–Trinajstić information content (AvgIpc) is 3.53. The molecule has 0 bridgehead atoms. The van der Waals surface area contributed by atoms with Crippen LogP contribution in [0.25, 0.3) is 22.3 Å². The molecule has 11 unspecified atom stereocenters. The molecule has 59 heavy (non-hydrogen) atoms. The van der Waals surface area contributed by atoms with E-state index in [0.717, 1.165) is 36.1 Å². The van der Waals surface area contributed by atoms with Crippen LogP contribution in [-0.2, 0) is 16.6 Å². The smallest absolute Gasteiger partial charge is 0.0738 e. The van der Waals surface area contributed by atoms with E-state index in [1.807, 2.05) is 0 Å². The van der Waals surface area contributed by atoms with Gasteiger partial charge in [0.1, 0.15) is 0 Å². The Morgan fingerprint density at radius 2 is 1.39 bits per heavy atom. The molecule has 12 rings (SSSR count). The maximum atomic E-state index is 7.09. The van der Waals surface area contributed by atoms with E-state index in [2.05, 4.69) is 140 Å². The molecular weight excluding hydrogens is 715 g/mol. The lowest BCUT2D eigenvalue weighted by molar-refractivity contribution is -0.253. The third-order valence-corrected chi connectivity index (χ3v) is 17.6. The quantitative estimate of drug-likeness (QED) is 0.170. The first-order valence-electron chi connectivity index (χ1n) is 23.9. The van der Waals surface area contributed by atoms with E-state index in [1.54, 1.807) is 5.56 Å². The van der Waals surface area contributed by atoms with Crippen LogP contribution in [0.2, 0.25) is 0 Å². The number of benzene rings is 5. The van der Waals surface area contributed by atoms with E-state index in [4.69, 9.17) is 4.74 Å². The summed E-state index contributed by atoms with van der Waals surface area (Å²) in [6.07, 6.45) is 18.7. The van der Waals surface area contributed by atoms with Gasteiger partial charge in [-0.25, -0.2) is 0 Å². The standard InChI is InChI=1S/C57H63NO/c1-57(2)48-18-7-6-15-45(48)55-43(17-11-19-49(55)57)46(40-28-26-38(27-29-40)37-12-4-3-5-13-37)34-36-22-24-39(25-23-36)42-30-32-50-47(35-42)44-16-10-14-41-31-33-53-56(54(41)44)58(50)51-20-8-9-21-52(51)59-53/h3-7,11-13,15,17-19,22-29,41-42,44,46-47,50-54,56H,8-10,14,16,20-21,30-35H2,1-2H3. The Hall–Kier alpha value is -3.98. The molecule has 2 heterocycles. The maximum Gasteiger partial charge on any atom is 0.0738 e. The molecule has 2 saturated heterocycles. The molecule has 11 atom stereocenters. The number of fused-ring (bicyclic) bond motifs is 8. The maximum absolute atomic E-state index is 7.09. The molecule has 2 heteroatoms. The normalized spacial score (nSPS) is 33.1. The lowest BCUT2D eigenvalue weighted by Crippen LogP contribution is -2.74. The number of ether oxygens (including phenoxy) is 1. The molecule has 5 aromatic carbocycles. The van der Waals surface area contributed by atoms with Crippen molar-refractivity contribution < 1.29 is 4.74 Å². The number of nitrogens with zero attached hydrogens (tertiary/aromatic N) is 1. The van der Waals surface area contributed by atoms with Crippen LogP contribution in [0.15, 0.2) is 121 Å². The molecule has 302 valence electrons. The van der Waals surface area contributed by atoms with E-state index in [-0.39, 0.29) is 11.3 Å². The fraction of sp³-hybridized carbons (Fsp3) is 0.474. The largest absolute Gasteiger partial charge is 0.372 e. The van der Waals surface area contributed by atoms with Gasteiger partial charge in [-0.05, 0) is 143 Å². The SMILES string of the molecule is CC1(C)c2ccccc2-c2c(C(Cc3ccc(C4CCC5C(C4)C4CCCC6CCC7OC8CCCCC8N5C7C64)cc3)c3ccc(-c4ccccc4)cc3)cccc21. The summed E-state index contributed by atoms with van der Waals surface area (Å²) in [5, 5.41) is 0. The lowest BCUT2D eigenvalue weighted by Gasteiger charge is -2.68. The lowest BCUT2D eigenvalue weighted by atomic mass is 9.52. The zero-order chi connectivity index (χ0) is 39.2. The van der Waals surface area contributed by atoms with Gasteiger partial charge in [0.15, 0.2) is 0 Å². The van der Waals surface area contributed by atoms with Gasteiger partial charge in [-0.2, -0.15) is 0 Å². The van der Waals surface area contributed by atoms with Gasteiger partial charge in [0, 0.05) is 29.5 Å². The Morgan fingerprint density at radius 3 is 2.25 bits per heavy atom. The molecule has 0 N–H and O–H groups in total. The van der Waals surface area contributed by atoms with E-state index in [9.17, 15) is 0 Å². The van der Waals surface area contributed by atoms with E-state index in [1.165, 1.54) is 127 Å². The van der Waals surface area contributed by atoms with Crippen LogP contribution in [0.4, 0.5) is 0 Å². The van der Waals surface area contributed by atoms with Crippen molar-refractivity contribution in [2.75, 3.05) is 0 Å². The molecule has 6 fully saturated rings. The van der Waals surface area contributed by atoms with Crippen molar-refractivity contribution in [3.63, 3.8) is 0 Å². The molecule has 0 radical (unpaired) electrons. The topological polar surface area (TPSA) is 12.5 Å². The molecule has 0 amide bonds. The summed E-state index contributed by atoms with van der Waals surface area (Å²) in [6.45, 7) is 4.82. The Kier molecular flexibility index (Phi) is 9.11. The van der Waals surface area contributed by atoms with E-state index >= 15 is 0 Å². The first-order valence-corrected chi connectivity index (χ1v) is 23.9. The molecular formula is C57H63NO. The van der Waals surface area contributed by atoms with Crippen molar-refractivity contribution in [2.24, 2.45) is 23.7 Å². The number of hydrogen-bond donors (Lipinski definition) is 0. The fourth-order valence-corrected chi connectivity index (χ4v) is 15.0. The highest BCUT2D eigenvalue weighted by molar-refractivity contribution is 5.84. The minimum Gasteiger partial charge on any atom is -0.372 e. The molecule has 2 aliphatic heterocycles. The van der Waals surface area contributed by atoms with Crippen LogP contribution in [0.5, 0.6) is 0 Å². The predicted molar refractivity (Wildman–Crippen MR) is 242 cm³/mol. The Morgan fingerprint density at radius 1 is 0.610 bits per heavy atom. The van der Waals surface area contributed by atoms with Crippen LogP contribution in [0.1, 0.15) is 136 Å². The van der Waals surface area contributed by atoms with Gasteiger partial charge < -0.3 is 4.74 Å². The summed E-state index contributed by atoms with van der Waals surface area (Å²) in [5.41, 5.74) is 14.2. The van der Waals surface area contributed by atoms with Gasteiger partial charge in [-0.15, -0.1) is 0 Å². The van der Waals surface area contributed by atoms with Crippen LogP contribution < -0.4 is 0 Å². The van der Waals surface area contributed by atoms with Gasteiger partial charge in [0.25, 0.3) is 0 Å². The van der Waals surface area contributed by atoms with Crippen molar-refractivity contribution in [3.8, 4) is 22.3 Å². The zero-order valence-electron chi connectivity index (χ0n) is 35.4. The highest BCUT2D eigenvalue weighted by atomic mass is 16.5. The molecule has 5 aliphatic carbocycles. The number of morpholine rings is 1. The summed E-state index contributed by atoms with van der Waals surface area (Å²) >= 11 is 0. The van der Waals surface area contributed by atoms with E-state index in [0.29, 0.717) is 30.2 Å². The van der Waals surface area contributed by atoms with Crippen molar-refractivity contribution in [1.82, 2.24) is 4.90 Å². The summed E-state index contributed by atoms with van der Waals surface area (Å²) in [5.74, 6) is 4.52. The molecule has 2 nitrogen and oxygen atoms in total. The number of hydrogen-bond acceptors (Lipinski definition) is 2. The molecule has 0 spiro atoms. The highest BCUT2D eigenvalue weighted by Gasteiger charge is 2.61. The Balaban J connectivity index is 0.854. The zero-order valence-corrected chi connectivity index (χ0v) is 35.4. The van der Waals surface area contributed by atoms with Crippen molar-refractivity contribution in [1.29, 1.82) is 0 Å². The summed E-state index contributed by atoms with van der Waals surface area (Å²) in [4.78, 5) is 3.22. The van der Waals surface area contributed by atoms with Crippen molar-refractivity contribution in [3.05, 3.63) is 155 Å². The van der Waals surface area contributed by atoms with Gasteiger partial charge >= 0.3 is 0 Å². The second-order valence-corrected chi connectivity index (χ2v) is 20.7. The van der Waals surface area contributed by atoms with Gasteiger partial charge in [-0.1, -0.05) is 161 Å². The third kappa shape index (κ3) is 6.01. The summed E-state index contributed by atoms with van der Waals surface area (Å²) < 4.78 is 7.09. The molecule has 0 aromatic heterocycles. The first-order chi connectivity index (χ1) is 29.0. The molecule has 4 saturated carbocycles. The first kappa shape index (κ1) is 36.8. The van der Waals surface area contributed by atoms with Crippen molar-refractivity contribution >= 4 is 0 Å². The van der Waals surface area contributed by atoms with Gasteiger partial charge in [0.05, 0.1) is 12.2 Å². The van der Waals surface area contributed by atoms with Crippen LogP contribution in [0.3, 0.4) is 0 Å². The second kappa shape index (κ2) is 14.6.